The molecular weight excluding hydrogens is 219 g/mol. The van der Waals surface area contributed by atoms with Gasteiger partial charge in [-0.25, -0.2) is 4.39 Å². The van der Waals surface area contributed by atoms with Crippen LogP contribution < -0.4 is 5.32 Å². The molecule has 0 aliphatic carbocycles. The van der Waals surface area contributed by atoms with E-state index >= 15 is 0 Å². The first-order chi connectivity index (χ1) is 8.20. The van der Waals surface area contributed by atoms with Gasteiger partial charge in [-0.3, -0.25) is 4.79 Å². The summed E-state index contributed by atoms with van der Waals surface area (Å²) in [6.07, 6.45) is 3.39. The Kier molecular flexibility index (Phi) is 3.23. The maximum Gasteiger partial charge on any atom is 0.240 e. The van der Waals surface area contributed by atoms with Crippen molar-refractivity contribution in [3.05, 3.63) is 48.9 Å². The minimum absolute atomic E-state index is 0.119. The van der Waals surface area contributed by atoms with Gasteiger partial charge in [0, 0.05) is 12.7 Å². The summed E-state index contributed by atoms with van der Waals surface area (Å²) in [7, 11) is 0. The molecule has 2 rings (SSSR count). The van der Waals surface area contributed by atoms with Crippen LogP contribution in [0.5, 0.6) is 0 Å². The molecule has 0 saturated heterocycles. The topological polar surface area (TPSA) is 34.0 Å². The third-order valence-corrected chi connectivity index (χ3v) is 2.49. The van der Waals surface area contributed by atoms with Gasteiger partial charge in [0.25, 0.3) is 0 Å². The van der Waals surface area contributed by atoms with E-state index in [2.05, 4.69) is 11.9 Å². The highest BCUT2D eigenvalue weighted by atomic mass is 19.1. The van der Waals surface area contributed by atoms with Crippen LogP contribution in [0.15, 0.2) is 43.1 Å². The summed E-state index contributed by atoms with van der Waals surface area (Å²) < 4.78 is 14.8. The molecule has 1 aromatic heterocycles. The Morgan fingerprint density at radius 1 is 1.47 bits per heavy atom. The molecule has 0 bridgehead atoms. The van der Waals surface area contributed by atoms with Crippen molar-refractivity contribution in [2.45, 2.75) is 6.54 Å². The van der Waals surface area contributed by atoms with E-state index in [0.717, 1.165) is 10.9 Å². The zero-order valence-electron chi connectivity index (χ0n) is 9.32. The van der Waals surface area contributed by atoms with Crippen molar-refractivity contribution in [3.63, 3.8) is 0 Å². The van der Waals surface area contributed by atoms with Crippen molar-refractivity contribution in [1.82, 2.24) is 9.88 Å². The van der Waals surface area contributed by atoms with Gasteiger partial charge in [0.1, 0.15) is 12.4 Å². The highest BCUT2D eigenvalue weighted by Gasteiger charge is 2.06. The lowest BCUT2D eigenvalue weighted by Crippen LogP contribution is -2.27. The third kappa shape index (κ3) is 2.53. The second kappa shape index (κ2) is 4.82. The predicted molar refractivity (Wildman–Crippen MR) is 65.1 cm³/mol. The van der Waals surface area contributed by atoms with Crippen molar-refractivity contribution in [3.8, 4) is 0 Å². The van der Waals surface area contributed by atoms with E-state index < -0.39 is 0 Å². The molecule has 0 aliphatic heterocycles. The number of hydrogen-bond donors (Lipinski definition) is 1. The number of carbonyl (C=O) groups excluding carboxylic acids is 1. The van der Waals surface area contributed by atoms with Crippen LogP contribution in [0.2, 0.25) is 0 Å². The van der Waals surface area contributed by atoms with Crippen LogP contribution in [-0.2, 0) is 11.3 Å². The second-order valence-electron chi connectivity index (χ2n) is 3.74. The van der Waals surface area contributed by atoms with Crippen LogP contribution in [-0.4, -0.2) is 17.0 Å². The maximum absolute atomic E-state index is 13.1. The number of rotatable bonds is 4. The summed E-state index contributed by atoms with van der Waals surface area (Å²) >= 11 is 0. The number of amides is 1. The Labute approximate surface area is 98.5 Å². The molecule has 0 atom stereocenters. The highest BCUT2D eigenvalue weighted by molar-refractivity contribution is 5.83. The van der Waals surface area contributed by atoms with Gasteiger partial charge in [-0.1, -0.05) is 6.08 Å². The predicted octanol–water partition coefficient (Wildman–Crippen LogP) is 2.08. The SMILES string of the molecule is C=CCNC(=O)Cn1ccc2ccc(F)cc21. The summed E-state index contributed by atoms with van der Waals surface area (Å²) in [6, 6.07) is 6.39. The number of benzene rings is 1. The van der Waals surface area contributed by atoms with Gasteiger partial charge in [0.05, 0.1) is 5.52 Å². The number of nitrogens with zero attached hydrogens (tertiary/aromatic N) is 1. The van der Waals surface area contributed by atoms with Gasteiger partial charge in [-0.2, -0.15) is 0 Å². The molecule has 2 aromatic rings. The molecule has 1 aromatic carbocycles. The van der Waals surface area contributed by atoms with E-state index in [9.17, 15) is 9.18 Å². The Morgan fingerprint density at radius 3 is 3.06 bits per heavy atom. The molecule has 0 aliphatic rings. The summed E-state index contributed by atoms with van der Waals surface area (Å²) in [4.78, 5) is 11.5. The molecule has 0 fully saturated rings. The van der Waals surface area contributed by atoms with E-state index in [1.54, 1.807) is 22.9 Å². The molecule has 1 N–H and O–H groups in total. The first kappa shape index (κ1) is 11.4. The lowest BCUT2D eigenvalue weighted by Gasteiger charge is -2.05. The lowest BCUT2D eigenvalue weighted by atomic mass is 10.2. The van der Waals surface area contributed by atoms with Gasteiger partial charge >= 0.3 is 0 Å². The van der Waals surface area contributed by atoms with Gasteiger partial charge in [0.15, 0.2) is 0 Å². The van der Waals surface area contributed by atoms with Crippen LogP contribution in [0.1, 0.15) is 0 Å². The number of nitrogens with one attached hydrogen (secondary N) is 1. The van der Waals surface area contributed by atoms with Crippen molar-refractivity contribution in [2.24, 2.45) is 0 Å². The fourth-order valence-corrected chi connectivity index (χ4v) is 1.69. The first-order valence-corrected chi connectivity index (χ1v) is 5.32. The fourth-order valence-electron chi connectivity index (χ4n) is 1.69. The quantitative estimate of drug-likeness (QED) is 0.805. The van der Waals surface area contributed by atoms with Crippen molar-refractivity contribution in [1.29, 1.82) is 0 Å². The lowest BCUT2D eigenvalue weighted by molar-refractivity contribution is -0.121. The van der Waals surface area contributed by atoms with Crippen molar-refractivity contribution in [2.75, 3.05) is 6.54 Å². The van der Waals surface area contributed by atoms with Crippen LogP contribution in [0, 0.1) is 5.82 Å². The molecule has 88 valence electrons. The van der Waals surface area contributed by atoms with Gasteiger partial charge in [-0.05, 0) is 29.7 Å². The standard InChI is InChI=1S/C13H13FN2O/c1-2-6-15-13(17)9-16-7-5-10-3-4-11(14)8-12(10)16/h2-5,7-8H,1,6,9H2,(H,15,17). The number of halogens is 1. The minimum atomic E-state index is -0.302. The Morgan fingerprint density at radius 2 is 2.29 bits per heavy atom. The normalized spacial score (nSPS) is 10.4. The molecule has 4 heteroatoms. The van der Waals surface area contributed by atoms with Gasteiger partial charge < -0.3 is 9.88 Å². The molecule has 1 heterocycles. The summed E-state index contributed by atoms with van der Waals surface area (Å²) in [6.45, 7) is 4.14. The fraction of sp³-hybridized carbons (Fsp3) is 0.154. The van der Waals surface area contributed by atoms with Crippen molar-refractivity contribution >= 4 is 16.8 Å². The number of fused-ring (bicyclic) bond motifs is 1. The zero-order valence-corrected chi connectivity index (χ0v) is 9.32. The Hall–Kier alpha value is -2.10. The van der Waals surface area contributed by atoms with E-state index in [4.69, 9.17) is 0 Å². The molecule has 0 unspecified atom stereocenters. The molecular formula is C13H13FN2O. The number of carbonyl (C=O) groups is 1. The number of hydrogen-bond acceptors (Lipinski definition) is 1. The number of aromatic nitrogens is 1. The van der Waals surface area contributed by atoms with E-state index in [1.807, 2.05) is 6.07 Å². The van der Waals surface area contributed by atoms with Crippen LogP contribution in [0.3, 0.4) is 0 Å². The summed E-state index contributed by atoms with van der Waals surface area (Å²) in [5.74, 6) is -0.421. The summed E-state index contributed by atoms with van der Waals surface area (Å²) in [5, 5.41) is 3.60. The van der Waals surface area contributed by atoms with Gasteiger partial charge in [-0.15, -0.1) is 6.58 Å². The zero-order chi connectivity index (χ0) is 12.3. The molecule has 17 heavy (non-hydrogen) atoms. The third-order valence-electron chi connectivity index (χ3n) is 2.49. The average Bonchev–Trinajstić information content (AvgIpc) is 2.69. The average molecular weight is 232 g/mol. The maximum atomic E-state index is 13.1. The smallest absolute Gasteiger partial charge is 0.240 e. The van der Waals surface area contributed by atoms with Crippen molar-refractivity contribution < 1.29 is 9.18 Å². The van der Waals surface area contributed by atoms with Gasteiger partial charge in [0.2, 0.25) is 5.91 Å². The van der Waals surface area contributed by atoms with Crippen LogP contribution >= 0.6 is 0 Å². The van der Waals surface area contributed by atoms with Crippen LogP contribution in [0.25, 0.3) is 10.9 Å². The van der Waals surface area contributed by atoms with E-state index in [1.165, 1.54) is 12.1 Å². The molecule has 0 radical (unpaired) electrons. The first-order valence-electron chi connectivity index (χ1n) is 5.32. The molecule has 1 amide bonds. The monoisotopic (exact) mass is 232 g/mol. The summed E-state index contributed by atoms with van der Waals surface area (Å²) in [5.41, 5.74) is 0.721. The van der Waals surface area contributed by atoms with Crippen LogP contribution in [0.4, 0.5) is 4.39 Å². The molecule has 0 saturated carbocycles. The minimum Gasteiger partial charge on any atom is -0.351 e. The highest BCUT2D eigenvalue weighted by Crippen LogP contribution is 2.16. The molecule has 0 spiro atoms. The second-order valence-corrected chi connectivity index (χ2v) is 3.74. The Bertz CT molecular complexity index is 560. The van der Waals surface area contributed by atoms with E-state index in [-0.39, 0.29) is 18.3 Å². The largest absolute Gasteiger partial charge is 0.351 e. The van der Waals surface area contributed by atoms with E-state index in [0.29, 0.717) is 6.54 Å². The molecule has 3 nitrogen and oxygen atoms in total. The Balaban J connectivity index is 2.21.